The zero-order chi connectivity index (χ0) is 29.8. The number of aliphatic hydroxyl groups is 1. The number of carbonyl (C=O) groups is 2. The van der Waals surface area contributed by atoms with Crippen molar-refractivity contribution in [3.8, 4) is 0 Å². The molecule has 10 heteroatoms. The lowest BCUT2D eigenvalue weighted by Crippen LogP contribution is -2.46. The number of piperidine rings is 1. The number of carbonyl (C=O) groups excluding carboxylic acids is 2. The first-order valence-electron chi connectivity index (χ1n) is 14.2. The van der Waals surface area contributed by atoms with Crippen LogP contribution in [0.4, 0.5) is 5.69 Å². The Kier molecular flexibility index (Phi) is 12.2. The Morgan fingerprint density at radius 3 is 2.54 bits per heavy atom. The topological polar surface area (TPSA) is 134 Å². The zero-order valence-corrected chi connectivity index (χ0v) is 24.5. The number of hydrogen-bond donors (Lipinski definition) is 3. The van der Waals surface area contributed by atoms with Crippen LogP contribution in [0.3, 0.4) is 0 Å². The Bertz CT molecular complexity index is 1320. The first-order valence-corrected chi connectivity index (χ1v) is 14.2. The van der Waals surface area contributed by atoms with Gasteiger partial charge in [-0.2, -0.15) is 0 Å². The molecule has 1 amide bonds. The number of rotatable bonds is 11. The predicted molar refractivity (Wildman–Crippen MR) is 163 cm³/mol. The number of hydrogen-bond acceptors (Lipinski definition) is 8. The molecule has 10 nitrogen and oxygen atoms in total. The van der Waals surface area contributed by atoms with Crippen molar-refractivity contribution in [2.24, 2.45) is 11.7 Å². The quantitative estimate of drug-likeness (QED) is 0.302. The molecule has 0 saturated carbocycles. The number of nitrogens with two attached hydrogens (primary N) is 1. The van der Waals surface area contributed by atoms with Crippen LogP contribution in [0.15, 0.2) is 59.7 Å². The molecule has 1 aliphatic rings. The van der Waals surface area contributed by atoms with Gasteiger partial charge < -0.3 is 30.8 Å². The lowest BCUT2D eigenvalue weighted by atomic mass is 9.91. The van der Waals surface area contributed by atoms with Gasteiger partial charge >= 0.3 is 0 Å². The maximum absolute atomic E-state index is 12.8. The number of likely N-dealkylation sites (N-methyl/N-ethyl adjacent to an activating group) is 1. The van der Waals surface area contributed by atoms with Crippen molar-refractivity contribution < 1.29 is 14.7 Å². The smallest absolute Gasteiger partial charge is 0.261 e. The van der Waals surface area contributed by atoms with Gasteiger partial charge in [0.2, 0.25) is 5.91 Å². The minimum absolute atomic E-state index is 0.126. The summed E-state index contributed by atoms with van der Waals surface area (Å²) in [5.74, 6) is -0.00173. The Hall–Kier alpha value is -3.44. The SMILES string of the molecule is CN(C)CC(=O)Nc1ccc2c(=O)n(CC3(O)CCN(C)CC3)cnc2c1.NCCCC(C=O)Cc1ccccc1. The van der Waals surface area contributed by atoms with E-state index in [0.717, 1.165) is 38.6 Å². The fraction of sp³-hybridized carbons (Fsp3) is 0.484. The van der Waals surface area contributed by atoms with E-state index in [1.54, 1.807) is 23.1 Å². The van der Waals surface area contributed by atoms with Crippen LogP contribution in [-0.2, 0) is 22.6 Å². The summed E-state index contributed by atoms with van der Waals surface area (Å²) in [6.07, 6.45) is 6.44. The Morgan fingerprint density at radius 2 is 1.90 bits per heavy atom. The fourth-order valence-electron chi connectivity index (χ4n) is 4.86. The van der Waals surface area contributed by atoms with Gasteiger partial charge in [-0.25, -0.2) is 4.98 Å². The maximum Gasteiger partial charge on any atom is 0.261 e. The molecule has 3 aromatic rings. The Balaban J connectivity index is 0.000000278. The molecule has 1 aliphatic heterocycles. The number of fused-ring (bicyclic) bond motifs is 1. The molecular weight excluding hydrogens is 520 g/mol. The predicted octanol–water partition coefficient (Wildman–Crippen LogP) is 2.14. The maximum atomic E-state index is 12.8. The second-order valence-electron chi connectivity index (χ2n) is 11.2. The third kappa shape index (κ3) is 10.2. The van der Waals surface area contributed by atoms with Gasteiger partial charge in [-0.15, -0.1) is 0 Å². The normalized spacial score (nSPS) is 15.7. The van der Waals surface area contributed by atoms with Gasteiger partial charge in [0.15, 0.2) is 0 Å². The molecular formula is C31H44N6O4. The van der Waals surface area contributed by atoms with Crippen LogP contribution in [-0.4, -0.2) is 89.6 Å². The molecule has 1 fully saturated rings. The summed E-state index contributed by atoms with van der Waals surface area (Å²) in [7, 11) is 5.67. The van der Waals surface area contributed by atoms with Crippen LogP contribution in [0.25, 0.3) is 10.9 Å². The third-order valence-corrected chi connectivity index (χ3v) is 7.26. The Labute approximate surface area is 242 Å². The lowest BCUT2D eigenvalue weighted by Gasteiger charge is -2.36. The van der Waals surface area contributed by atoms with Gasteiger partial charge in [0.05, 0.1) is 35.9 Å². The lowest BCUT2D eigenvalue weighted by molar-refractivity contribution is -0.116. The molecule has 0 aliphatic carbocycles. The first kappa shape index (κ1) is 32.1. The summed E-state index contributed by atoms with van der Waals surface area (Å²) < 4.78 is 1.48. The number of likely N-dealkylation sites (tertiary alicyclic amines) is 1. The van der Waals surface area contributed by atoms with E-state index in [2.05, 4.69) is 27.3 Å². The van der Waals surface area contributed by atoms with Crippen LogP contribution < -0.4 is 16.6 Å². The van der Waals surface area contributed by atoms with Crippen molar-refractivity contribution in [1.29, 1.82) is 0 Å². The third-order valence-electron chi connectivity index (χ3n) is 7.26. The summed E-state index contributed by atoms with van der Waals surface area (Å²) in [4.78, 5) is 43.8. The van der Waals surface area contributed by atoms with E-state index in [1.165, 1.54) is 16.5 Å². The minimum atomic E-state index is -0.883. The number of anilines is 1. The van der Waals surface area contributed by atoms with Crippen molar-refractivity contribution in [3.63, 3.8) is 0 Å². The number of nitrogens with zero attached hydrogens (tertiary/aromatic N) is 4. The molecule has 222 valence electrons. The van der Waals surface area contributed by atoms with Gasteiger partial charge in [0, 0.05) is 24.7 Å². The Morgan fingerprint density at radius 1 is 1.20 bits per heavy atom. The minimum Gasteiger partial charge on any atom is -0.388 e. The average molecular weight is 565 g/mol. The molecule has 1 unspecified atom stereocenters. The van der Waals surface area contributed by atoms with Crippen LogP contribution in [0.1, 0.15) is 31.2 Å². The van der Waals surface area contributed by atoms with E-state index in [1.807, 2.05) is 39.3 Å². The highest BCUT2D eigenvalue weighted by Gasteiger charge is 2.32. The summed E-state index contributed by atoms with van der Waals surface area (Å²) in [6, 6.07) is 15.2. The molecule has 0 radical (unpaired) electrons. The number of aldehydes is 1. The monoisotopic (exact) mass is 564 g/mol. The molecule has 1 atom stereocenters. The molecule has 2 heterocycles. The second-order valence-corrected chi connectivity index (χ2v) is 11.2. The van der Waals surface area contributed by atoms with Crippen LogP contribution in [0, 0.1) is 5.92 Å². The van der Waals surface area contributed by atoms with Gasteiger partial charge in [0.1, 0.15) is 6.29 Å². The largest absolute Gasteiger partial charge is 0.388 e. The highest BCUT2D eigenvalue weighted by molar-refractivity contribution is 5.94. The summed E-state index contributed by atoms with van der Waals surface area (Å²) in [5, 5.41) is 14.1. The van der Waals surface area contributed by atoms with Crippen molar-refractivity contribution >= 4 is 28.8 Å². The average Bonchev–Trinajstić information content (AvgIpc) is 2.95. The zero-order valence-electron chi connectivity index (χ0n) is 24.5. The van der Waals surface area contributed by atoms with Crippen molar-refractivity contribution in [1.82, 2.24) is 19.4 Å². The molecule has 0 spiro atoms. The van der Waals surface area contributed by atoms with Gasteiger partial charge in [-0.3, -0.25) is 14.2 Å². The molecule has 2 aromatic carbocycles. The van der Waals surface area contributed by atoms with Gasteiger partial charge in [0.25, 0.3) is 5.56 Å². The van der Waals surface area contributed by atoms with Gasteiger partial charge in [-0.1, -0.05) is 30.3 Å². The van der Waals surface area contributed by atoms with E-state index < -0.39 is 5.60 Å². The molecule has 1 aromatic heterocycles. The summed E-state index contributed by atoms with van der Waals surface area (Å²) in [5.41, 5.74) is 6.69. The molecule has 4 N–H and O–H groups in total. The standard InChI is InChI=1S/C19H27N5O3.C12H17NO/c1-22(2)11-17(25)21-14-4-5-15-16(10-14)20-13-24(18(15)26)12-19(27)6-8-23(3)9-7-19;13-8-4-7-12(10-14)9-11-5-2-1-3-6-11/h4-5,10,13,27H,6-9,11-12H2,1-3H3,(H,21,25);1-3,5-6,10,12H,4,7-9,13H2. The molecule has 41 heavy (non-hydrogen) atoms. The second kappa shape index (κ2) is 15.5. The summed E-state index contributed by atoms with van der Waals surface area (Å²) in [6.45, 7) is 2.80. The van der Waals surface area contributed by atoms with E-state index >= 15 is 0 Å². The van der Waals surface area contributed by atoms with Crippen LogP contribution >= 0.6 is 0 Å². The number of aromatic nitrogens is 2. The first-order chi connectivity index (χ1) is 19.6. The van der Waals surface area contributed by atoms with Crippen molar-refractivity contribution in [2.75, 3.05) is 52.6 Å². The number of amides is 1. The molecule has 0 bridgehead atoms. The van der Waals surface area contributed by atoms with E-state index in [0.29, 0.717) is 36.0 Å². The number of benzene rings is 2. The molecule has 1 saturated heterocycles. The molecule has 4 rings (SSSR count). The highest BCUT2D eigenvalue weighted by Crippen LogP contribution is 2.23. The van der Waals surface area contributed by atoms with E-state index in [-0.39, 0.29) is 30.5 Å². The fourth-order valence-corrected chi connectivity index (χ4v) is 4.86. The number of nitrogens with one attached hydrogen (secondary N) is 1. The highest BCUT2D eigenvalue weighted by atomic mass is 16.3. The van der Waals surface area contributed by atoms with Crippen molar-refractivity contribution in [2.45, 2.75) is 44.2 Å². The van der Waals surface area contributed by atoms with Gasteiger partial charge in [-0.05, 0) is 83.6 Å². The summed E-state index contributed by atoms with van der Waals surface area (Å²) >= 11 is 0. The van der Waals surface area contributed by atoms with Crippen LogP contribution in [0.5, 0.6) is 0 Å². The van der Waals surface area contributed by atoms with E-state index in [4.69, 9.17) is 5.73 Å². The van der Waals surface area contributed by atoms with Crippen LogP contribution in [0.2, 0.25) is 0 Å². The van der Waals surface area contributed by atoms with Crippen molar-refractivity contribution in [3.05, 3.63) is 70.8 Å². The van der Waals surface area contributed by atoms with E-state index in [9.17, 15) is 19.5 Å².